The van der Waals surface area contributed by atoms with Crippen molar-refractivity contribution in [1.29, 1.82) is 0 Å². The SMILES string of the molecule is CI1C(N)=C(N)C(N)=C1N. The summed E-state index contributed by atoms with van der Waals surface area (Å²) in [4.78, 5) is 2.03. The van der Waals surface area contributed by atoms with Gasteiger partial charge in [-0.2, -0.15) is 0 Å². The Morgan fingerprint density at radius 1 is 0.900 bits per heavy atom. The second-order valence-electron chi connectivity index (χ2n) is 2.00. The van der Waals surface area contributed by atoms with Crippen LogP contribution in [0, 0.1) is 0 Å². The van der Waals surface area contributed by atoms with E-state index in [4.69, 9.17) is 22.9 Å². The van der Waals surface area contributed by atoms with Gasteiger partial charge in [-0.25, -0.2) is 0 Å². The summed E-state index contributed by atoms with van der Waals surface area (Å²) in [7, 11) is 0. The molecule has 5 heteroatoms. The molecular weight excluding hydrogens is 243 g/mol. The predicted octanol–water partition coefficient (Wildman–Crippen LogP) is -0.691. The van der Waals surface area contributed by atoms with Crippen molar-refractivity contribution in [2.45, 2.75) is 0 Å². The monoisotopic (exact) mass is 254 g/mol. The van der Waals surface area contributed by atoms with E-state index in [-0.39, 0.29) is 0 Å². The molecule has 0 radical (unpaired) electrons. The number of hydrogen-bond acceptors (Lipinski definition) is 4. The van der Waals surface area contributed by atoms with E-state index in [2.05, 4.69) is 0 Å². The molecule has 0 saturated carbocycles. The maximum absolute atomic E-state index is 5.63. The van der Waals surface area contributed by atoms with E-state index in [1.807, 2.05) is 4.93 Å². The van der Waals surface area contributed by atoms with Crippen molar-refractivity contribution in [3.05, 3.63) is 18.8 Å². The standard InChI is InChI=1S/C5H11IN4/c1-6-4(9)2(7)3(8)5(6)10/h7-10H2,1H3. The molecule has 0 aromatic rings. The third-order valence-electron chi connectivity index (χ3n) is 1.42. The summed E-state index contributed by atoms with van der Waals surface area (Å²) >= 11 is -1.45. The Kier molecular flexibility index (Phi) is 1.67. The van der Waals surface area contributed by atoms with Crippen LogP contribution in [-0.2, 0) is 0 Å². The average Bonchev–Trinajstić information content (AvgIpc) is 2.07. The molecule has 0 bridgehead atoms. The van der Waals surface area contributed by atoms with Crippen molar-refractivity contribution in [1.82, 2.24) is 0 Å². The quantitative estimate of drug-likeness (QED) is 0.261. The molecule has 1 rings (SSSR count). The fourth-order valence-electron chi connectivity index (χ4n) is 0.672. The number of halogens is 1. The van der Waals surface area contributed by atoms with Crippen molar-refractivity contribution < 1.29 is 0 Å². The summed E-state index contributed by atoms with van der Waals surface area (Å²) in [5.74, 6) is 0. The predicted molar refractivity (Wildman–Crippen MR) is 50.7 cm³/mol. The van der Waals surface area contributed by atoms with Gasteiger partial charge in [0.05, 0.1) is 0 Å². The molecule has 8 N–H and O–H groups in total. The zero-order valence-corrected chi connectivity index (χ0v) is 7.84. The van der Waals surface area contributed by atoms with E-state index in [0.29, 0.717) is 11.4 Å². The average molecular weight is 254 g/mol. The van der Waals surface area contributed by atoms with Crippen molar-refractivity contribution in [2.24, 2.45) is 22.9 Å². The minimum absolute atomic E-state index is 0.505. The molecule has 4 nitrogen and oxygen atoms in total. The van der Waals surface area contributed by atoms with Crippen LogP contribution in [-0.4, -0.2) is 4.93 Å². The molecule has 0 atom stereocenters. The fraction of sp³-hybridized carbons (Fsp3) is 0.200. The van der Waals surface area contributed by atoms with Crippen LogP contribution in [0.15, 0.2) is 18.8 Å². The molecule has 0 fully saturated rings. The van der Waals surface area contributed by atoms with E-state index >= 15 is 0 Å². The Bertz CT molecular complexity index is 206. The molecule has 10 heavy (non-hydrogen) atoms. The van der Waals surface area contributed by atoms with E-state index < -0.39 is 19.8 Å². The van der Waals surface area contributed by atoms with Crippen LogP contribution >= 0.6 is 19.8 Å². The summed E-state index contributed by atoms with van der Waals surface area (Å²) in [5, 5.41) is 0. The summed E-state index contributed by atoms with van der Waals surface area (Å²) in [6.45, 7) is 0. The van der Waals surface area contributed by atoms with Gasteiger partial charge in [0.15, 0.2) is 0 Å². The summed E-state index contributed by atoms with van der Waals surface area (Å²) in [6.07, 6.45) is 0. The second-order valence-corrected chi connectivity index (χ2v) is 7.02. The van der Waals surface area contributed by atoms with Gasteiger partial charge >= 0.3 is 66.5 Å². The van der Waals surface area contributed by atoms with E-state index in [0.717, 1.165) is 7.41 Å². The molecule has 0 aliphatic carbocycles. The first-order valence-corrected chi connectivity index (χ1v) is 6.98. The van der Waals surface area contributed by atoms with Crippen LogP contribution in [0.5, 0.6) is 0 Å². The molecule has 0 unspecified atom stereocenters. The fourth-order valence-corrected chi connectivity index (χ4v) is 3.62. The molecule has 1 aliphatic rings. The van der Waals surface area contributed by atoms with Crippen molar-refractivity contribution in [3.63, 3.8) is 0 Å². The Morgan fingerprint density at radius 3 is 1.30 bits per heavy atom. The van der Waals surface area contributed by atoms with Gasteiger partial charge in [0.25, 0.3) is 0 Å². The van der Waals surface area contributed by atoms with Crippen molar-refractivity contribution in [2.75, 3.05) is 4.93 Å². The van der Waals surface area contributed by atoms with Crippen LogP contribution in [0.4, 0.5) is 0 Å². The Labute approximate surface area is 66.7 Å². The van der Waals surface area contributed by atoms with Gasteiger partial charge in [-0.05, 0) is 0 Å². The van der Waals surface area contributed by atoms with Gasteiger partial charge in [0, 0.05) is 0 Å². The van der Waals surface area contributed by atoms with Gasteiger partial charge in [-0.15, -0.1) is 0 Å². The summed E-state index contributed by atoms with van der Waals surface area (Å²) < 4.78 is 1.47. The van der Waals surface area contributed by atoms with E-state index in [1.54, 1.807) is 0 Å². The van der Waals surface area contributed by atoms with Crippen LogP contribution < -0.4 is 22.9 Å². The number of nitrogens with two attached hydrogens (primary N) is 4. The number of hydrogen-bond donors (Lipinski definition) is 4. The minimum atomic E-state index is -1.45. The maximum atomic E-state index is 5.63. The normalized spacial score (nSPS) is 22.7. The molecule has 58 valence electrons. The van der Waals surface area contributed by atoms with Gasteiger partial charge in [-0.1, -0.05) is 0 Å². The molecule has 0 saturated heterocycles. The Balaban J connectivity index is 3.09. The third-order valence-corrected chi connectivity index (χ3v) is 6.06. The van der Waals surface area contributed by atoms with Gasteiger partial charge in [0.2, 0.25) is 0 Å². The topological polar surface area (TPSA) is 104 Å². The zero-order valence-electron chi connectivity index (χ0n) is 5.69. The number of rotatable bonds is 0. The molecule has 0 aromatic carbocycles. The molecule has 0 spiro atoms. The Morgan fingerprint density at radius 2 is 1.20 bits per heavy atom. The van der Waals surface area contributed by atoms with Gasteiger partial charge in [-0.3, -0.25) is 0 Å². The van der Waals surface area contributed by atoms with Crippen LogP contribution in [0.25, 0.3) is 0 Å². The van der Waals surface area contributed by atoms with Crippen molar-refractivity contribution >= 4 is 19.8 Å². The molecule has 1 heterocycles. The molecule has 0 amide bonds. The first-order chi connectivity index (χ1) is 4.55. The van der Waals surface area contributed by atoms with Crippen molar-refractivity contribution in [3.8, 4) is 0 Å². The van der Waals surface area contributed by atoms with Crippen LogP contribution in [0.3, 0.4) is 0 Å². The zero-order chi connectivity index (χ0) is 7.89. The van der Waals surface area contributed by atoms with E-state index in [1.165, 1.54) is 0 Å². The summed E-state index contributed by atoms with van der Waals surface area (Å²) in [5.41, 5.74) is 23.3. The third kappa shape index (κ3) is 0.808. The van der Waals surface area contributed by atoms with Crippen LogP contribution in [0.2, 0.25) is 0 Å². The molecule has 1 aliphatic heterocycles. The first-order valence-electron chi connectivity index (χ1n) is 2.66. The molecular formula is C5H11IN4. The van der Waals surface area contributed by atoms with Gasteiger partial charge in [0.1, 0.15) is 0 Å². The van der Waals surface area contributed by atoms with E-state index in [9.17, 15) is 0 Å². The Hall–Kier alpha value is -0.590. The molecule has 0 aromatic heterocycles. The first kappa shape index (κ1) is 7.52. The summed E-state index contributed by atoms with van der Waals surface area (Å²) in [6, 6.07) is 0. The van der Waals surface area contributed by atoms with Gasteiger partial charge < -0.3 is 0 Å². The van der Waals surface area contributed by atoms with Crippen LogP contribution in [0.1, 0.15) is 0 Å². The second kappa shape index (κ2) is 2.22. The number of alkyl halides is 1.